The van der Waals surface area contributed by atoms with Gasteiger partial charge in [-0.25, -0.2) is 4.98 Å². The van der Waals surface area contributed by atoms with E-state index in [4.69, 9.17) is 4.42 Å². The summed E-state index contributed by atoms with van der Waals surface area (Å²) in [4.78, 5) is 32.5. The van der Waals surface area contributed by atoms with E-state index >= 15 is 0 Å². The van der Waals surface area contributed by atoms with Crippen LogP contribution >= 0.6 is 0 Å². The quantitative estimate of drug-likeness (QED) is 0.477. The minimum atomic E-state index is -0.279. The highest BCUT2D eigenvalue weighted by molar-refractivity contribution is 6.05. The molecule has 0 saturated carbocycles. The molecule has 0 saturated heterocycles. The number of para-hydroxylation sites is 2. The summed E-state index contributed by atoms with van der Waals surface area (Å²) in [6.45, 7) is 3.60. The number of H-pyrrole nitrogens is 1. The minimum absolute atomic E-state index is 0.221. The maximum absolute atomic E-state index is 12.6. The van der Waals surface area contributed by atoms with Gasteiger partial charge in [0.1, 0.15) is 11.6 Å². The third kappa shape index (κ3) is 3.89. The van der Waals surface area contributed by atoms with E-state index < -0.39 is 0 Å². The first kappa shape index (κ1) is 18.5. The number of aromatic amines is 1. The molecule has 146 valence electrons. The second-order valence-corrected chi connectivity index (χ2v) is 6.76. The van der Waals surface area contributed by atoms with Gasteiger partial charge >= 0.3 is 0 Å². The molecule has 0 aliphatic carbocycles. The lowest BCUT2D eigenvalue weighted by Crippen LogP contribution is -2.27. The van der Waals surface area contributed by atoms with Crippen LogP contribution in [-0.4, -0.2) is 21.8 Å². The summed E-state index contributed by atoms with van der Waals surface area (Å²) in [6, 6.07) is 15.8. The molecule has 3 N–H and O–H groups in total. The topological polar surface area (TPSA) is 100 Å². The average Bonchev–Trinajstić information content (AvgIpc) is 3.34. The zero-order valence-corrected chi connectivity index (χ0v) is 16.0. The van der Waals surface area contributed by atoms with Crippen molar-refractivity contribution >= 4 is 28.5 Å². The number of anilines is 1. The number of amides is 2. The summed E-state index contributed by atoms with van der Waals surface area (Å²) < 4.78 is 5.15. The number of hydrogen-bond acceptors (Lipinski definition) is 4. The van der Waals surface area contributed by atoms with Crippen molar-refractivity contribution in [1.29, 1.82) is 0 Å². The van der Waals surface area contributed by atoms with Crippen molar-refractivity contribution in [3.63, 3.8) is 0 Å². The molecule has 4 rings (SSSR count). The molecule has 0 aliphatic rings. The lowest BCUT2D eigenvalue weighted by molar-refractivity contribution is 0.0938. The van der Waals surface area contributed by atoms with Gasteiger partial charge in [-0.2, -0.15) is 0 Å². The summed E-state index contributed by atoms with van der Waals surface area (Å²) in [5.41, 5.74) is 3.35. The Morgan fingerprint density at radius 2 is 1.79 bits per heavy atom. The molecular weight excluding hydrogens is 368 g/mol. The van der Waals surface area contributed by atoms with E-state index in [0.717, 1.165) is 11.0 Å². The van der Waals surface area contributed by atoms with Crippen molar-refractivity contribution in [2.75, 3.05) is 5.32 Å². The second-order valence-electron chi connectivity index (χ2n) is 6.76. The van der Waals surface area contributed by atoms with Gasteiger partial charge in [0.2, 0.25) is 0 Å². The molecule has 2 heterocycles. The van der Waals surface area contributed by atoms with Crippen LogP contribution in [0.3, 0.4) is 0 Å². The van der Waals surface area contributed by atoms with Crippen LogP contribution in [0.2, 0.25) is 0 Å². The first-order valence-electron chi connectivity index (χ1n) is 9.22. The van der Waals surface area contributed by atoms with E-state index in [2.05, 4.69) is 20.6 Å². The molecule has 0 fully saturated rings. The SMILES string of the molecule is Cc1occc1C(=O)Nc1ccc(C(=O)N[C@H](C)c2nc3ccccc3[nH]2)cc1. The Labute approximate surface area is 167 Å². The van der Waals surface area contributed by atoms with Crippen molar-refractivity contribution in [2.45, 2.75) is 19.9 Å². The largest absolute Gasteiger partial charge is 0.469 e. The van der Waals surface area contributed by atoms with Crippen molar-refractivity contribution in [3.8, 4) is 0 Å². The zero-order valence-electron chi connectivity index (χ0n) is 16.0. The van der Waals surface area contributed by atoms with Gasteiger partial charge in [-0.05, 0) is 56.3 Å². The molecule has 0 bridgehead atoms. The number of rotatable bonds is 5. The van der Waals surface area contributed by atoms with Crippen LogP contribution in [0.4, 0.5) is 5.69 Å². The lowest BCUT2D eigenvalue weighted by Gasteiger charge is -2.12. The van der Waals surface area contributed by atoms with Gasteiger partial charge in [-0.3, -0.25) is 9.59 Å². The number of furan rings is 1. The molecule has 1 atom stereocenters. The fourth-order valence-electron chi connectivity index (χ4n) is 3.05. The number of fused-ring (bicyclic) bond motifs is 1. The Balaban J connectivity index is 1.41. The molecule has 2 aromatic heterocycles. The molecule has 0 aliphatic heterocycles. The highest BCUT2D eigenvalue weighted by atomic mass is 16.3. The van der Waals surface area contributed by atoms with Crippen LogP contribution in [0, 0.1) is 6.92 Å². The molecule has 4 aromatic rings. The maximum atomic E-state index is 12.6. The van der Waals surface area contributed by atoms with E-state index in [-0.39, 0.29) is 17.9 Å². The minimum Gasteiger partial charge on any atom is -0.469 e. The van der Waals surface area contributed by atoms with Crippen LogP contribution in [0.1, 0.15) is 45.3 Å². The fraction of sp³-hybridized carbons (Fsp3) is 0.136. The molecule has 0 radical (unpaired) electrons. The third-order valence-electron chi connectivity index (χ3n) is 4.67. The van der Waals surface area contributed by atoms with Gasteiger partial charge in [-0.15, -0.1) is 0 Å². The molecule has 29 heavy (non-hydrogen) atoms. The summed E-state index contributed by atoms with van der Waals surface area (Å²) >= 11 is 0. The number of imidazole rings is 1. The standard InChI is InChI=1S/C22H20N4O3/c1-13(20-25-18-5-3-4-6-19(18)26-20)23-21(27)15-7-9-16(10-8-15)24-22(28)17-11-12-29-14(17)2/h3-13H,1-2H3,(H,23,27)(H,24,28)(H,25,26)/t13-/m1/s1. The molecule has 2 amide bonds. The van der Waals surface area contributed by atoms with Crippen LogP contribution in [0.25, 0.3) is 11.0 Å². The van der Waals surface area contributed by atoms with Gasteiger partial charge in [0.25, 0.3) is 11.8 Å². The van der Waals surface area contributed by atoms with E-state index in [0.29, 0.717) is 28.4 Å². The molecular formula is C22H20N4O3. The third-order valence-corrected chi connectivity index (χ3v) is 4.67. The summed E-state index contributed by atoms with van der Waals surface area (Å²) in [6.07, 6.45) is 1.47. The highest BCUT2D eigenvalue weighted by Gasteiger charge is 2.15. The van der Waals surface area contributed by atoms with Gasteiger partial charge in [0.15, 0.2) is 0 Å². The predicted molar refractivity (Wildman–Crippen MR) is 110 cm³/mol. The van der Waals surface area contributed by atoms with E-state index in [1.54, 1.807) is 37.3 Å². The van der Waals surface area contributed by atoms with Crippen molar-refractivity contribution < 1.29 is 14.0 Å². The van der Waals surface area contributed by atoms with Gasteiger partial charge in [0, 0.05) is 11.3 Å². The number of benzene rings is 2. The Bertz CT molecular complexity index is 1140. The van der Waals surface area contributed by atoms with Gasteiger partial charge < -0.3 is 20.0 Å². The highest BCUT2D eigenvalue weighted by Crippen LogP contribution is 2.17. The van der Waals surface area contributed by atoms with E-state index in [9.17, 15) is 9.59 Å². The summed E-state index contributed by atoms with van der Waals surface area (Å²) in [5, 5.41) is 5.72. The molecule has 2 aromatic carbocycles. The Hall–Kier alpha value is -3.87. The number of hydrogen-bond donors (Lipinski definition) is 3. The molecule has 7 nitrogen and oxygen atoms in total. The van der Waals surface area contributed by atoms with Gasteiger partial charge in [0.05, 0.1) is 28.9 Å². The molecule has 0 unspecified atom stereocenters. The normalized spacial score (nSPS) is 11.9. The smallest absolute Gasteiger partial charge is 0.259 e. The Morgan fingerprint density at radius 3 is 2.48 bits per heavy atom. The summed E-state index contributed by atoms with van der Waals surface area (Å²) in [7, 11) is 0. The first-order valence-corrected chi connectivity index (χ1v) is 9.22. The number of aryl methyl sites for hydroxylation is 1. The summed E-state index contributed by atoms with van der Waals surface area (Å²) in [5.74, 6) is 0.769. The molecule has 0 spiro atoms. The van der Waals surface area contributed by atoms with Crippen molar-refractivity contribution in [3.05, 3.63) is 83.6 Å². The van der Waals surface area contributed by atoms with Crippen LogP contribution < -0.4 is 10.6 Å². The molecule has 7 heteroatoms. The Kier molecular flexibility index (Phi) is 4.87. The fourth-order valence-corrected chi connectivity index (χ4v) is 3.05. The van der Waals surface area contributed by atoms with Crippen LogP contribution in [-0.2, 0) is 0 Å². The number of aromatic nitrogens is 2. The number of nitrogens with zero attached hydrogens (tertiary/aromatic N) is 1. The Morgan fingerprint density at radius 1 is 1.03 bits per heavy atom. The number of carbonyl (C=O) groups excluding carboxylic acids is 2. The van der Waals surface area contributed by atoms with Crippen LogP contribution in [0.15, 0.2) is 65.3 Å². The zero-order chi connectivity index (χ0) is 20.4. The number of carbonyl (C=O) groups is 2. The lowest BCUT2D eigenvalue weighted by atomic mass is 10.1. The van der Waals surface area contributed by atoms with Crippen LogP contribution in [0.5, 0.6) is 0 Å². The van der Waals surface area contributed by atoms with Gasteiger partial charge in [-0.1, -0.05) is 12.1 Å². The van der Waals surface area contributed by atoms with Crippen molar-refractivity contribution in [1.82, 2.24) is 15.3 Å². The predicted octanol–water partition coefficient (Wildman–Crippen LogP) is 4.21. The first-order chi connectivity index (χ1) is 14.0. The van der Waals surface area contributed by atoms with Crippen molar-refractivity contribution in [2.24, 2.45) is 0 Å². The van der Waals surface area contributed by atoms with E-state index in [1.807, 2.05) is 31.2 Å². The monoisotopic (exact) mass is 388 g/mol. The second kappa shape index (κ2) is 7.63. The van der Waals surface area contributed by atoms with E-state index in [1.165, 1.54) is 6.26 Å². The average molecular weight is 388 g/mol. The maximum Gasteiger partial charge on any atom is 0.259 e. The number of nitrogens with one attached hydrogen (secondary N) is 3.